The Morgan fingerprint density at radius 2 is 1.95 bits per heavy atom. The standard InChI is InChI=1S/C13H21N3O3/c1-8(2)5-6-14-13(18)16-15-12(17)11-7-9(3)19-10(11)4/h7-8H,5-6H2,1-4H3,(H,15,17)(H2,14,16,18). The van der Waals surface area contributed by atoms with Gasteiger partial charge in [-0.15, -0.1) is 0 Å². The summed E-state index contributed by atoms with van der Waals surface area (Å²) in [6, 6.07) is 1.20. The minimum atomic E-state index is -0.424. The van der Waals surface area contributed by atoms with E-state index in [1.165, 1.54) is 0 Å². The molecule has 3 N–H and O–H groups in total. The number of aryl methyl sites for hydroxylation is 2. The first-order chi connectivity index (χ1) is 8.90. The summed E-state index contributed by atoms with van der Waals surface area (Å²) >= 11 is 0. The fraction of sp³-hybridized carbons (Fsp3) is 0.538. The first kappa shape index (κ1) is 15.1. The molecule has 19 heavy (non-hydrogen) atoms. The van der Waals surface area contributed by atoms with E-state index in [0.29, 0.717) is 29.5 Å². The predicted molar refractivity (Wildman–Crippen MR) is 71.6 cm³/mol. The lowest BCUT2D eigenvalue weighted by molar-refractivity contribution is 0.0934. The number of hydrogen-bond acceptors (Lipinski definition) is 3. The molecule has 1 aromatic heterocycles. The van der Waals surface area contributed by atoms with Gasteiger partial charge in [0.05, 0.1) is 5.56 Å². The normalized spacial score (nSPS) is 10.4. The first-order valence-electron chi connectivity index (χ1n) is 6.31. The number of amides is 3. The molecule has 106 valence electrons. The highest BCUT2D eigenvalue weighted by atomic mass is 16.3. The molecule has 0 atom stereocenters. The van der Waals surface area contributed by atoms with Crippen LogP contribution in [0.15, 0.2) is 10.5 Å². The average molecular weight is 267 g/mol. The van der Waals surface area contributed by atoms with Crippen LogP contribution in [0.2, 0.25) is 0 Å². The number of furan rings is 1. The molecule has 0 aliphatic carbocycles. The van der Waals surface area contributed by atoms with E-state index in [1.807, 2.05) is 0 Å². The molecular formula is C13H21N3O3. The van der Waals surface area contributed by atoms with E-state index in [-0.39, 0.29) is 0 Å². The van der Waals surface area contributed by atoms with Crippen molar-refractivity contribution in [2.75, 3.05) is 6.54 Å². The molecule has 1 aromatic rings. The van der Waals surface area contributed by atoms with Crippen LogP contribution in [-0.4, -0.2) is 18.5 Å². The number of nitrogens with one attached hydrogen (secondary N) is 3. The highest BCUT2D eigenvalue weighted by Crippen LogP contribution is 2.12. The van der Waals surface area contributed by atoms with Crippen molar-refractivity contribution < 1.29 is 14.0 Å². The van der Waals surface area contributed by atoms with Gasteiger partial charge in [0, 0.05) is 6.54 Å². The lowest BCUT2D eigenvalue weighted by Gasteiger charge is -2.09. The van der Waals surface area contributed by atoms with E-state index < -0.39 is 11.9 Å². The lowest BCUT2D eigenvalue weighted by atomic mass is 10.1. The maximum atomic E-state index is 11.8. The van der Waals surface area contributed by atoms with Gasteiger partial charge in [-0.1, -0.05) is 13.8 Å². The molecule has 0 aliphatic heterocycles. The molecule has 0 spiro atoms. The van der Waals surface area contributed by atoms with Gasteiger partial charge in [-0.25, -0.2) is 10.2 Å². The zero-order valence-corrected chi connectivity index (χ0v) is 11.8. The minimum absolute atomic E-state index is 0.395. The molecule has 6 nitrogen and oxygen atoms in total. The van der Waals surface area contributed by atoms with E-state index in [1.54, 1.807) is 19.9 Å². The summed E-state index contributed by atoms with van der Waals surface area (Å²) in [7, 11) is 0. The first-order valence-corrected chi connectivity index (χ1v) is 6.31. The van der Waals surface area contributed by atoms with Crippen LogP contribution in [-0.2, 0) is 0 Å². The van der Waals surface area contributed by atoms with E-state index in [0.717, 1.165) is 6.42 Å². The van der Waals surface area contributed by atoms with Crippen molar-refractivity contribution >= 4 is 11.9 Å². The number of hydrazine groups is 1. The van der Waals surface area contributed by atoms with Gasteiger partial charge in [-0.2, -0.15) is 0 Å². The molecule has 3 amide bonds. The van der Waals surface area contributed by atoms with Crippen LogP contribution < -0.4 is 16.2 Å². The highest BCUT2D eigenvalue weighted by Gasteiger charge is 2.13. The summed E-state index contributed by atoms with van der Waals surface area (Å²) in [5, 5.41) is 2.65. The Morgan fingerprint density at radius 1 is 1.26 bits per heavy atom. The second-order valence-electron chi connectivity index (χ2n) is 4.84. The van der Waals surface area contributed by atoms with Gasteiger partial charge >= 0.3 is 6.03 Å². The van der Waals surface area contributed by atoms with Crippen LogP contribution >= 0.6 is 0 Å². The van der Waals surface area contributed by atoms with Gasteiger partial charge in [-0.05, 0) is 32.3 Å². The fourth-order valence-corrected chi connectivity index (χ4v) is 1.56. The van der Waals surface area contributed by atoms with E-state index in [2.05, 4.69) is 30.0 Å². The molecule has 1 heterocycles. The molecule has 0 saturated heterocycles. The number of rotatable bonds is 4. The van der Waals surface area contributed by atoms with Crippen LogP contribution in [0.5, 0.6) is 0 Å². The maximum absolute atomic E-state index is 11.8. The molecule has 1 rings (SSSR count). The third kappa shape index (κ3) is 5.03. The Balaban J connectivity index is 2.34. The maximum Gasteiger partial charge on any atom is 0.333 e. The van der Waals surface area contributed by atoms with Gasteiger partial charge in [0.1, 0.15) is 11.5 Å². The van der Waals surface area contributed by atoms with Crippen LogP contribution in [0, 0.1) is 19.8 Å². The Morgan fingerprint density at radius 3 is 2.47 bits per heavy atom. The second kappa shape index (κ2) is 6.82. The Hall–Kier alpha value is -1.98. The monoisotopic (exact) mass is 267 g/mol. The molecule has 0 saturated carbocycles. The number of urea groups is 1. The number of hydrogen-bond donors (Lipinski definition) is 3. The number of carbonyl (C=O) groups is 2. The van der Waals surface area contributed by atoms with Crippen molar-refractivity contribution in [3.8, 4) is 0 Å². The van der Waals surface area contributed by atoms with Crippen molar-refractivity contribution in [2.24, 2.45) is 5.92 Å². The third-order valence-corrected chi connectivity index (χ3v) is 2.58. The molecule has 0 bridgehead atoms. The number of carbonyl (C=O) groups excluding carboxylic acids is 2. The molecular weight excluding hydrogens is 246 g/mol. The van der Waals surface area contributed by atoms with Gasteiger partial charge in [0.2, 0.25) is 0 Å². The summed E-state index contributed by atoms with van der Waals surface area (Å²) in [4.78, 5) is 23.1. The van der Waals surface area contributed by atoms with Gasteiger partial charge < -0.3 is 9.73 Å². The van der Waals surface area contributed by atoms with Crippen molar-refractivity contribution in [3.63, 3.8) is 0 Å². The van der Waals surface area contributed by atoms with Crippen LogP contribution in [0.25, 0.3) is 0 Å². The predicted octanol–water partition coefficient (Wildman–Crippen LogP) is 1.89. The van der Waals surface area contributed by atoms with Crippen molar-refractivity contribution in [1.29, 1.82) is 0 Å². The van der Waals surface area contributed by atoms with E-state index in [9.17, 15) is 9.59 Å². The van der Waals surface area contributed by atoms with Crippen LogP contribution in [0.4, 0.5) is 4.79 Å². The molecule has 0 radical (unpaired) electrons. The average Bonchev–Trinajstić information content (AvgIpc) is 2.65. The van der Waals surface area contributed by atoms with Crippen LogP contribution in [0.3, 0.4) is 0 Å². The Labute approximate surface area is 112 Å². The van der Waals surface area contributed by atoms with Crippen molar-refractivity contribution in [2.45, 2.75) is 34.1 Å². The van der Waals surface area contributed by atoms with E-state index >= 15 is 0 Å². The van der Waals surface area contributed by atoms with Gasteiger partial charge in [0.15, 0.2) is 0 Å². The lowest BCUT2D eigenvalue weighted by Crippen LogP contribution is -2.47. The molecule has 0 unspecified atom stereocenters. The van der Waals surface area contributed by atoms with Crippen molar-refractivity contribution in [3.05, 3.63) is 23.2 Å². The summed E-state index contributed by atoms with van der Waals surface area (Å²) in [6.07, 6.45) is 0.890. The van der Waals surface area contributed by atoms with Crippen LogP contribution in [0.1, 0.15) is 42.1 Å². The molecule has 0 aliphatic rings. The summed E-state index contributed by atoms with van der Waals surface area (Å²) in [6.45, 7) is 8.18. The third-order valence-electron chi connectivity index (χ3n) is 2.58. The Kier molecular flexibility index (Phi) is 5.41. The van der Waals surface area contributed by atoms with Gasteiger partial charge in [0.25, 0.3) is 5.91 Å². The van der Waals surface area contributed by atoms with Crippen molar-refractivity contribution in [1.82, 2.24) is 16.2 Å². The highest BCUT2D eigenvalue weighted by molar-refractivity contribution is 5.96. The second-order valence-corrected chi connectivity index (χ2v) is 4.84. The molecule has 6 heteroatoms. The van der Waals surface area contributed by atoms with Gasteiger partial charge in [-0.3, -0.25) is 10.2 Å². The minimum Gasteiger partial charge on any atom is -0.466 e. The topological polar surface area (TPSA) is 83.4 Å². The summed E-state index contributed by atoms with van der Waals surface area (Å²) in [5.41, 5.74) is 5.05. The largest absolute Gasteiger partial charge is 0.466 e. The summed E-state index contributed by atoms with van der Waals surface area (Å²) < 4.78 is 5.24. The molecule has 0 fully saturated rings. The fourth-order valence-electron chi connectivity index (χ4n) is 1.56. The smallest absolute Gasteiger partial charge is 0.333 e. The Bertz CT molecular complexity index is 452. The SMILES string of the molecule is Cc1cc(C(=O)NNC(=O)NCCC(C)C)c(C)o1. The summed E-state index contributed by atoms with van der Waals surface area (Å²) in [5.74, 6) is 1.31. The molecule has 0 aromatic carbocycles. The zero-order valence-electron chi connectivity index (χ0n) is 11.8. The quantitative estimate of drug-likeness (QED) is 0.728. The van der Waals surface area contributed by atoms with E-state index in [4.69, 9.17) is 4.42 Å². The zero-order chi connectivity index (χ0) is 14.4.